The highest BCUT2D eigenvalue weighted by atomic mass is 16.1. The Hall–Kier alpha value is -4.23. The van der Waals surface area contributed by atoms with Gasteiger partial charge in [-0.1, -0.05) is 19.4 Å². The zero-order valence-corrected chi connectivity index (χ0v) is 20.9. The topological polar surface area (TPSA) is 119 Å². The summed E-state index contributed by atoms with van der Waals surface area (Å²) in [6, 6.07) is 9.37. The van der Waals surface area contributed by atoms with E-state index in [9.17, 15) is 14.9 Å². The molecule has 3 heterocycles. The summed E-state index contributed by atoms with van der Waals surface area (Å²) in [7, 11) is 2.10. The van der Waals surface area contributed by atoms with Crippen molar-refractivity contribution in [3.8, 4) is 6.07 Å². The molecule has 1 aromatic carbocycles. The second-order valence-corrected chi connectivity index (χ2v) is 9.63. The number of likely N-dealkylation sites (N-methyl/N-ethyl adjacent to an activating group) is 1. The molecule has 2 N–H and O–H groups in total. The van der Waals surface area contributed by atoms with Crippen molar-refractivity contribution >= 4 is 40.0 Å². The minimum atomic E-state index is -0.307. The van der Waals surface area contributed by atoms with E-state index in [0.717, 1.165) is 57.5 Å². The SMILES string of the molecule is C=CC(=O)Nc1cc(Nc2ncc3cc(C#N)c(=O)n(C4CCCC4)c3n2)cc(N2CCN(C)CC2)c1. The van der Waals surface area contributed by atoms with Crippen molar-refractivity contribution in [1.29, 1.82) is 5.26 Å². The molecule has 0 radical (unpaired) electrons. The fourth-order valence-corrected chi connectivity index (χ4v) is 5.09. The van der Waals surface area contributed by atoms with Gasteiger partial charge < -0.3 is 20.4 Å². The van der Waals surface area contributed by atoms with Crippen LogP contribution in [0.15, 0.2) is 47.9 Å². The third-order valence-electron chi connectivity index (χ3n) is 7.08. The van der Waals surface area contributed by atoms with Crippen LogP contribution in [0.1, 0.15) is 37.3 Å². The Bertz CT molecular complexity index is 1440. The number of aromatic nitrogens is 3. The summed E-state index contributed by atoms with van der Waals surface area (Å²) in [5.41, 5.74) is 2.62. The van der Waals surface area contributed by atoms with Gasteiger partial charge in [-0.15, -0.1) is 0 Å². The van der Waals surface area contributed by atoms with Crippen molar-refractivity contribution in [2.45, 2.75) is 31.7 Å². The monoisotopic (exact) mass is 498 g/mol. The minimum Gasteiger partial charge on any atom is -0.369 e. The smallest absolute Gasteiger partial charge is 0.270 e. The zero-order chi connectivity index (χ0) is 25.9. The third-order valence-corrected chi connectivity index (χ3v) is 7.08. The van der Waals surface area contributed by atoms with Gasteiger partial charge in [-0.3, -0.25) is 14.2 Å². The molecule has 1 amide bonds. The Labute approximate surface area is 215 Å². The number of piperazine rings is 1. The van der Waals surface area contributed by atoms with Crippen LogP contribution in [0.5, 0.6) is 0 Å². The summed E-state index contributed by atoms with van der Waals surface area (Å²) >= 11 is 0. The molecule has 10 heteroatoms. The maximum absolute atomic E-state index is 13.1. The van der Waals surface area contributed by atoms with Gasteiger partial charge in [0.05, 0.1) is 0 Å². The number of carbonyl (C=O) groups is 1. The van der Waals surface area contributed by atoms with Crippen LogP contribution in [0, 0.1) is 11.3 Å². The van der Waals surface area contributed by atoms with Gasteiger partial charge in [-0.05, 0) is 50.2 Å². The number of benzene rings is 1. The molecule has 2 aliphatic rings. The van der Waals surface area contributed by atoms with Gasteiger partial charge in [-0.25, -0.2) is 4.98 Å². The van der Waals surface area contributed by atoms with Crippen LogP contribution in [0.25, 0.3) is 11.0 Å². The second kappa shape index (κ2) is 10.4. The minimum absolute atomic E-state index is 0.0207. The molecule has 1 saturated heterocycles. The molecule has 2 fully saturated rings. The molecular formula is C27H30N8O2. The lowest BCUT2D eigenvalue weighted by Crippen LogP contribution is -2.44. The third kappa shape index (κ3) is 5.17. The molecule has 0 bridgehead atoms. The summed E-state index contributed by atoms with van der Waals surface area (Å²) in [5.74, 6) is 0.0391. The molecule has 0 unspecified atom stereocenters. The number of nitriles is 1. The molecule has 190 valence electrons. The second-order valence-electron chi connectivity index (χ2n) is 9.63. The Balaban J connectivity index is 1.53. The lowest BCUT2D eigenvalue weighted by Gasteiger charge is -2.34. The number of nitrogens with zero attached hydrogens (tertiary/aromatic N) is 6. The van der Waals surface area contributed by atoms with E-state index >= 15 is 0 Å². The Kier molecular flexibility index (Phi) is 6.88. The predicted octanol–water partition coefficient (Wildman–Crippen LogP) is 3.40. The van der Waals surface area contributed by atoms with Crippen LogP contribution in [0.3, 0.4) is 0 Å². The van der Waals surface area contributed by atoms with Gasteiger partial charge in [0.2, 0.25) is 11.9 Å². The van der Waals surface area contributed by atoms with Crippen molar-refractivity contribution in [2.24, 2.45) is 0 Å². The summed E-state index contributed by atoms with van der Waals surface area (Å²) in [6.45, 7) is 7.18. The highest BCUT2D eigenvalue weighted by molar-refractivity contribution is 5.99. The molecule has 1 saturated carbocycles. The number of fused-ring (bicyclic) bond motifs is 1. The van der Waals surface area contributed by atoms with E-state index in [1.807, 2.05) is 24.3 Å². The van der Waals surface area contributed by atoms with Gasteiger partial charge in [0.15, 0.2) is 0 Å². The first-order valence-electron chi connectivity index (χ1n) is 12.6. The van der Waals surface area contributed by atoms with Crippen LogP contribution in [-0.4, -0.2) is 58.6 Å². The van der Waals surface area contributed by atoms with Crippen molar-refractivity contribution < 1.29 is 4.79 Å². The van der Waals surface area contributed by atoms with Crippen molar-refractivity contribution in [1.82, 2.24) is 19.4 Å². The predicted molar refractivity (Wildman–Crippen MR) is 144 cm³/mol. The van der Waals surface area contributed by atoms with E-state index in [2.05, 4.69) is 39.0 Å². The molecule has 0 atom stereocenters. The zero-order valence-electron chi connectivity index (χ0n) is 20.9. The molecule has 2 aromatic heterocycles. The molecule has 10 nitrogen and oxygen atoms in total. The number of nitrogens with one attached hydrogen (secondary N) is 2. The number of rotatable bonds is 6. The highest BCUT2D eigenvalue weighted by Gasteiger charge is 2.23. The summed E-state index contributed by atoms with van der Waals surface area (Å²) in [6.07, 6.45) is 6.74. The van der Waals surface area contributed by atoms with Crippen LogP contribution in [0.4, 0.5) is 23.0 Å². The molecule has 1 aliphatic carbocycles. The molecular weight excluding hydrogens is 468 g/mol. The van der Waals surface area contributed by atoms with Crippen LogP contribution < -0.4 is 21.1 Å². The van der Waals surface area contributed by atoms with E-state index in [0.29, 0.717) is 28.4 Å². The van der Waals surface area contributed by atoms with Crippen LogP contribution in [-0.2, 0) is 4.79 Å². The number of amides is 1. The number of hydrogen-bond acceptors (Lipinski definition) is 8. The first-order valence-corrected chi connectivity index (χ1v) is 12.6. The number of anilines is 4. The summed E-state index contributed by atoms with van der Waals surface area (Å²) in [4.78, 5) is 38.9. The number of carbonyl (C=O) groups excluding carboxylic acids is 1. The van der Waals surface area contributed by atoms with E-state index in [1.165, 1.54) is 6.08 Å². The van der Waals surface area contributed by atoms with Crippen molar-refractivity contribution in [3.05, 3.63) is 59.0 Å². The van der Waals surface area contributed by atoms with Gasteiger partial charge in [-0.2, -0.15) is 10.2 Å². The average Bonchev–Trinajstić information content (AvgIpc) is 3.43. The maximum Gasteiger partial charge on any atom is 0.270 e. The lowest BCUT2D eigenvalue weighted by molar-refractivity contribution is -0.111. The van der Waals surface area contributed by atoms with Crippen molar-refractivity contribution in [2.75, 3.05) is 48.8 Å². The molecule has 3 aromatic rings. The normalized spacial score (nSPS) is 16.5. The average molecular weight is 499 g/mol. The van der Waals surface area contributed by atoms with Gasteiger partial charge in [0.25, 0.3) is 5.56 Å². The Morgan fingerprint density at radius 1 is 1.14 bits per heavy atom. The summed E-state index contributed by atoms with van der Waals surface area (Å²) in [5, 5.41) is 16.3. The Morgan fingerprint density at radius 3 is 2.57 bits per heavy atom. The molecule has 0 spiro atoms. The van der Waals surface area contributed by atoms with Crippen LogP contribution in [0.2, 0.25) is 0 Å². The van der Waals surface area contributed by atoms with Crippen LogP contribution >= 0.6 is 0 Å². The van der Waals surface area contributed by atoms with Crippen molar-refractivity contribution in [3.63, 3.8) is 0 Å². The fourth-order valence-electron chi connectivity index (χ4n) is 5.09. The lowest BCUT2D eigenvalue weighted by atomic mass is 10.2. The first kappa shape index (κ1) is 24.5. The molecule has 1 aliphatic heterocycles. The molecule has 37 heavy (non-hydrogen) atoms. The van der Waals surface area contributed by atoms with E-state index in [-0.39, 0.29) is 23.1 Å². The summed E-state index contributed by atoms with van der Waals surface area (Å²) < 4.78 is 1.67. The standard InChI is InChI=1S/C27H30N8O2/c1-3-24(36)30-20-13-21(15-23(14-20)34-10-8-33(2)9-11-34)31-27-29-17-19-12-18(16-28)26(37)35(25(19)32-27)22-6-4-5-7-22/h3,12-15,17,22H,1,4-11H2,2H3,(H,30,36)(H,29,31,32). The maximum atomic E-state index is 13.1. The number of hydrogen-bond donors (Lipinski definition) is 2. The van der Waals surface area contributed by atoms with Gasteiger partial charge >= 0.3 is 0 Å². The van der Waals surface area contributed by atoms with E-state index in [1.54, 1.807) is 16.8 Å². The largest absolute Gasteiger partial charge is 0.369 e. The first-order chi connectivity index (χ1) is 17.9. The Morgan fingerprint density at radius 2 is 1.86 bits per heavy atom. The quantitative estimate of drug-likeness (QED) is 0.497. The van der Waals surface area contributed by atoms with E-state index < -0.39 is 0 Å². The molecule has 5 rings (SSSR count). The van der Waals surface area contributed by atoms with Gasteiger partial charge in [0.1, 0.15) is 17.3 Å². The van der Waals surface area contributed by atoms with E-state index in [4.69, 9.17) is 4.98 Å². The fraction of sp³-hybridized carbons (Fsp3) is 0.370. The highest BCUT2D eigenvalue weighted by Crippen LogP contribution is 2.32. The number of pyridine rings is 1. The van der Waals surface area contributed by atoms with Gasteiger partial charge in [0, 0.05) is 60.9 Å².